The molecule has 0 saturated carbocycles. The average Bonchev–Trinajstić information content (AvgIpc) is 2.46. The molecule has 8 heteroatoms. The highest BCUT2D eigenvalue weighted by molar-refractivity contribution is 6.05. The molecule has 4 nitrogen and oxygen atoms in total. The summed E-state index contributed by atoms with van der Waals surface area (Å²) in [5.41, 5.74) is 3.62. The lowest BCUT2D eigenvalue weighted by atomic mass is 10.1. The van der Waals surface area contributed by atoms with Crippen LogP contribution in [0.15, 0.2) is 42.5 Å². The third-order valence-corrected chi connectivity index (χ3v) is 2.95. The van der Waals surface area contributed by atoms with E-state index in [1.54, 1.807) is 0 Å². The van der Waals surface area contributed by atoms with Crippen LogP contribution in [0.4, 0.5) is 23.2 Å². The molecule has 0 unspecified atom stereocenters. The van der Waals surface area contributed by atoms with Gasteiger partial charge in [-0.25, -0.2) is 4.39 Å². The summed E-state index contributed by atoms with van der Waals surface area (Å²) in [6.07, 6.45) is -4.70. The number of anilines is 1. The van der Waals surface area contributed by atoms with Crippen LogP contribution in [-0.4, -0.2) is 11.8 Å². The van der Waals surface area contributed by atoms with Crippen LogP contribution < -0.4 is 11.1 Å². The van der Waals surface area contributed by atoms with Crippen molar-refractivity contribution in [3.05, 3.63) is 65.0 Å². The van der Waals surface area contributed by atoms with Gasteiger partial charge in [0.05, 0.1) is 11.1 Å². The van der Waals surface area contributed by atoms with Crippen LogP contribution in [0.5, 0.6) is 0 Å². The van der Waals surface area contributed by atoms with E-state index in [1.165, 1.54) is 24.3 Å². The third kappa shape index (κ3) is 3.85. The molecular weight excluding hydrogens is 316 g/mol. The Hall–Kier alpha value is -2.90. The standard InChI is InChI=1S/C15H10F4N2O2/c16-12-7-9(15(17,18)19)4-5-11(12)14(23)21-10-3-1-2-8(6-10)13(20)22/h1-7H,(H2,20,22)(H,21,23). The molecule has 0 aliphatic carbocycles. The Bertz CT molecular complexity index is 772. The van der Waals surface area contributed by atoms with Gasteiger partial charge in [0.25, 0.3) is 5.91 Å². The first kappa shape index (κ1) is 16.5. The predicted molar refractivity (Wildman–Crippen MR) is 74.3 cm³/mol. The van der Waals surface area contributed by atoms with Gasteiger partial charge >= 0.3 is 6.18 Å². The Morgan fingerprint density at radius 2 is 1.74 bits per heavy atom. The first-order valence-electron chi connectivity index (χ1n) is 6.26. The van der Waals surface area contributed by atoms with Crippen molar-refractivity contribution in [3.8, 4) is 0 Å². The molecule has 0 heterocycles. The van der Waals surface area contributed by atoms with Gasteiger partial charge in [-0.3, -0.25) is 9.59 Å². The summed E-state index contributed by atoms with van der Waals surface area (Å²) in [4.78, 5) is 23.0. The number of benzene rings is 2. The molecule has 0 bridgehead atoms. The van der Waals surface area contributed by atoms with Crippen molar-refractivity contribution in [2.24, 2.45) is 5.73 Å². The number of alkyl halides is 3. The van der Waals surface area contributed by atoms with Gasteiger partial charge in [0, 0.05) is 11.3 Å². The maximum absolute atomic E-state index is 13.7. The fraction of sp³-hybridized carbons (Fsp3) is 0.0667. The van der Waals surface area contributed by atoms with Gasteiger partial charge in [-0.2, -0.15) is 13.2 Å². The number of hydrogen-bond donors (Lipinski definition) is 2. The van der Waals surface area contributed by atoms with Crippen LogP contribution >= 0.6 is 0 Å². The number of carbonyl (C=O) groups excluding carboxylic acids is 2. The maximum Gasteiger partial charge on any atom is 0.416 e. The van der Waals surface area contributed by atoms with Crippen LogP contribution in [0.25, 0.3) is 0 Å². The minimum absolute atomic E-state index is 0.121. The van der Waals surface area contributed by atoms with Gasteiger partial charge in [0.15, 0.2) is 0 Å². The molecule has 2 rings (SSSR count). The largest absolute Gasteiger partial charge is 0.416 e. The monoisotopic (exact) mass is 326 g/mol. The van der Waals surface area contributed by atoms with Crippen molar-refractivity contribution in [1.29, 1.82) is 0 Å². The lowest BCUT2D eigenvalue weighted by molar-refractivity contribution is -0.137. The summed E-state index contributed by atoms with van der Waals surface area (Å²) in [6.45, 7) is 0. The zero-order valence-corrected chi connectivity index (χ0v) is 11.4. The molecule has 3 N–H and O–H groups in total. The predicted octanol–water partition coefficient (Wildman–Crippen LogP) is 3.20. The minimum atomic E-state index is -4.70. The van der Waals surface area contributed by atoms with Crippen molar-refractivity contribution in [2.45, 2.75) is 6.18 Å². The van der Waals surface area contributed by atoms with Crippen molar-refractivity contribution >= 4 is 17.5 Å². The fourth-order valence-corrected chi connectivity index (χ4v) is 1.82. The smallest absolute Gasteiger partial charge is 0.366 e. The molecule has 23 heavy (non-hydrogen) atoms. The number of nitrogens with two attached hydrogens (primary N) is 1. The Kier molecular flexibility index (Phi) is 4.35. The topological polar surface area (TPSA) is 72.2 Å². The average molecular weight is 326 g/mol. The number of hydrogen-bond acceptors (Lipinski definition) is 2. The Balaban J connectivity index is 2.24. The Morgan fingerprint density at radius 3 is 2.30 bits per heavy atom. The van der Waals surface area contributed by atoms with Crippen molar-refractivity contribution in [3.63, 3.8) is 0 Å². The minimum Gasteiger partial charge on any atom is -0.366 e. The van der Waals surface area contributed by atoms with Crippen LogP contribution in [0.3, 0.4) is 0 Å². The SMILES string of the molecule is NC(=O)c1cccc(NC(=O)c2ccc(C(F)(F)F)cc2F)c1. The van der Waals surface area contributed by atoms with Crippen LogP contribution in [-0.2, 0) is 6.18 Å². The molecule has 0 aromatic heterocycles. The highest BCUT2D eigenvalue weighted by Gasteiger charge is 2.31. The van der Waals surface area contributed by atoms with Crippen molar-refractivity contribution in [2.75, 3.05) is 5.32 Å². The highest BCUT2D eigenvalue weighted by atomic mass is 19.4. The van der Waals surface area contributed by atoms with E-state index in [0.717, 1.165) is 6.07 Å². The highest BCUT2D eigenvalue weighted by Crippen LogP contribution is 2.30. The van der Waals surface area contributed by atoms with Crippen molar-refractivity contribution < 1.29 is 27.2 Å². The summed E-state index contributed by atoms with van der Waals surface area (Å²) in [7, 11) is 0. The summed E-state index contributed by atoms with van der Waals surface area (Å²) in [6, 6.07) is 7.14. The second-order valence-corrected chi connectivity index (χ2v) is 4.59. The summed E-state index contributed by atoms with van der Waals surface area (Å²) in [5, 5.41) is 2.28. The lowest BCUT2D eigenvalue weighted by Crippen LogP contribution is -2.16. The van der Waals surface area contributed by atoms with E-state index >= 15 is 0 Å². The van der Waals surface area contributed by atoms with Gasteiger partial charge in [-0.15, -0.1) is 0 Å². The number of carbonyl (C=O) groups is 2. The first-order chi connectivity index (χ1) is 10.7. The second kappa shape index (κ2) is 6.07. The molecule has 0 fully saturated rings. The number of primary amides is 1. The Morgan fingerprint density at radius 1 is 1.04 bits per heavy atom. The molecule has 0 radical (unpaired) electrons. The van der Waals surface area contributed by atoms with E-state index < -0.39 is 34.9 Å². The maximum atomic E-state index is 13.7. The molecule has 0 atom stereocenters. The number of halogens is 4. The normalized spacial score (nSPS) is 11.1. The van der Waals surface area contributed by atoms with E-state index in [-0.39, 0.29) is 17.3 Å². The van der Waals surface area contributed by atoms with E-state index in [0.29, 0.717) is 6.07 Å². The van der Waals surface area contributed by atoms with E-state index in [2.05, 4.69) is 5.32 Å². The number of amides is 2. The van der Waals surface area contributed by atoms with Crippen LogP contribution in [0.1, 0.15) is 26.3 Å². The van der Waals surface area contributed by atoms with E-state index in [9.17, 15) is 27.2 Å². The molecule has 0 aliphatic rings. The molecular formula is C15H10F4N2O2. The van der Waals surface area contributed by atoms with Crippen LogP contribution in [0.2, 0.25) is 0 Å². The summed E-state index contributed by atoms with van der Waals surface area (Å²) < 4.78 is 51.1. The molecule has 2 aromatic carbocycles. The van der Waals surface area contributed by atoms with E-state index in [4.69, 9.17) is 5.73 Å². The molecule has 0 aliphatic heterocycles. The van der Waals surface area contributed by atoms with Gasteiger partial charge in [-0.05, 0) is 36.4 Å². The molecule has 2 amide bonds. The fourth-order valence-electron chi connectivity index (χ4n) is 1.82. The second-order valence-electron chi connectivity index (χ2n) is 4.59. The Labute approximate surface area is 127 Å². The third-order valence-electron chi connectivity index (χ3n) is 2.95. The molecule has 120 valence electrons. The quantitative estimate of drug-likeness (QED) is 0.850. The van der Waals surface area contributed by atoms with Gasteiger partial charge in [0.2, 0.25) is 5.91 Å². The molecule has 2 aromatic rings. The zero-order valence-electron chi connectivity index (χ0n) is 11.4. The lowest BCUT2D eigenvalue weighted by Gasteiger charge is -2.10. The van der Waals surface area contributed by atoms with Gasteiger partial charge < -0.3 is 11.1 Å². The van der Waals surface area contributed by atoms with Crippen molar-refractivity contribution in [1.82, 2.24) is 0 Å². The van der Waals surface area contributed by atoms with E-state index in [1.807, 2.05) is 0 Å². The number of nitrogens with one attached hydrogen (secondary N) is 1. The first-order valence-corrected chi connectivity index (χ1v) is 6.26. The zero-order chi connectivity index (χ0) is 17.2. The van der Waals surface area contributed by atoms with Gasteiger partial charge in [-0.1, -0.05) is 6.07 Å². The number of rotatable bonds is 3. The molecule has 0 saturated heterocycles. The summed E-state index contributed by atoms with van der Waals surface area (Å²) >= 11 is 0. The van der Waals surface area contributed by atoms with Gasteiger partial charge in [0.1, 0.15) is 5.82 Å². The summed E-state index contributed by atoms with van der Waals surface area (Å²) in [5.74, 6) is -2.97. The van der Waals surface area contributed by atoms with Crippen LogP contribution in [0, 0.1) is 5.82 Å². The molecule has 0 spiro atoms.